The largest absolute Gasteiger partial charge is 0.271 e. The molecule has 3 N–H and O–H groups in total. The lowest BCUT2D eigenvalue weighted by Crippen LogP contribution is -2.29. The second-order valence-electron chi connectivity index (χ2n) is 3.98. The Balaban J connectivity index is 2.19. The second-order valence-corrected chi connectivity index (χ2v) is 5.24. The molecule has 0 aliphatic heterocycles. The van der Waals surface area contributed by atoms with Crippen LogP contribution in [0, 0.1) is 0 Å². The van der Waals surface area contributed by atoms with Gasteiger partial charge in [-0.15, -0.1) is 5.10 Å². The van der Waals surface area contributed by atoms with E-state index in [9.17, 15) is 0 Å². The number of hydrogen-bond acceptors (Lipinski definition) is 4. The molecule has 1 atom stereocenters. The Morgan fingerprint density at radius 1 is 1.56 bits per heavy atom. The number of rotatable bonds is 4. The Kier molecular flexibility index (Phi) is 4.34. The summed E-state index contributed by atoms with van der Waals surface area (Å²) in [6, 6.07) is 5.69. The maximum atomic E-state index is 5.97. The van der Waals surface area contributed by atoms with Crippen molar-refractivity contribution in [3.8, 4) is 0 Å². The monoisotopic (exact) mass is 329 g/mol. The van der Waals surface area contributed by atoms with Crippen LogP contribution < -0.4 is 11.3 Å². The fourth-order valence-corrected chi connectivity index (χ4v) is 2.21. The number of aromatic nitrogens is 3. The molecule has 2 aromatic rings. The van der Waals surface area contributed by atoms with Gasteiger partial charge in [-0.25, -0.2) is 0 Å². The van der Waals surface area contributed by atoms with Crippen molar-refractivity contribution in [2.24, 2.45) is 12.9 Å². The Hall–Kier alpha value is -0.950. The number of hydrazine groups is 1. The van der Waals surface area contributed by atoms with Crippen LogP contribution in [-0.4, -0.2) is 15.0 Å². The van der Waals surface area contributed by atoms with Crippen molar-refractivity contribution >= 4 is 27.5 Å². The van der Waals surface area contributed by atoms with Gasteiger partial charge in [-0.2, -0.15) is 0 Å². The lowest BCUT2D eigenvalue weighted by atomic mass is 10.0. The number of halogens is 2. The van der Waals surface area contributed by atoms with E-state index in [2.05, 4.69) is 31.7 Å². The van der Waals surface area contributed by atoms with Gasteiger partial charge in [0.25, 0.3) is 0 Å². The minimum Gasteiger partial charge on any atom is -0.271 e. The van der Waals surface area contributed by atoms with Crippen molar-refractivity contribution in [2.75, 3.05) is 0 Å². The molecule has 0 aliphatic rings. The maximum Gasteiger partial charge on any atom is 0.0846 e. The summed E-state index contributed by atoms with van der Waals surface area (Å²) in [6.07, 6.45) is 2.54. The molecule has 0 amide bonds. The molecule has 5 nitrogen and oxygen atoms in total. The SMILES string of the molecule is Cn1cc(CC(NN)c2ccc(Cl)c(Br)c2)nn1. The zero-order valence-electron chi connectivity index (χ0n) is 9.77. The highest BCUT2D eigenvalue weighted by Crippen LogP contribution is 2.27. The van der Waals surface area contributed by atoms with Gasteiger partial charge in [0.15, 0.2) is 0 Å². The lowest BCUT2D eigenvalue weighted by molar-refractivity contribution is 0.545. The molecule has 0 spiro atoms. The zero-order valence-corrected chi connectivity index (χ0v) is 12.1. The summed E-state index contributed by atoms with van der Waals surface area (Å²) in [6.45, 7) is 0. The molecule has 0 aliphatic carbocycles. The van der Waals surface area contributed by atoms with Gasteiger partial charge in [0.2, 0.25) is 0 Å². The minimum absolute atomic E-state index is 0.0322. The first-order valence-corrected chi connectivity index (χ1v) is 6.53. The van der Waals surface area contributed by atoms with Crippen LogP contribution in [0.5, 0.6) is 0 Å². The second kappa shape index (κ2) is 5.79. The fourth-order valence-electron chi connectivity index (χ4n) is 1.70. The van der Waals surface area contributed by atoms with Crippen molar-refractivity contribution in [3.63, 3.8) is 0 Å². The van der Waals surface area contributed by atoms with E-state index in [1.54, 1.807) is 4.68 Å². The molecule has 1 unspecified atom stereocenters. The molecule has 0 fully saturated rings. The first-order valence-electron chi connectivity index (χ1n) is 5.36. The Morgan fingerprint density at radius 2 is 2.33 bits per heavy atom. The first-order chi connectivity index (χ1) is 8.60. The van der Waals surface area contributed by atoms with Gasteiger partial charge in [0.05, 0.1) is 16.8 Å². The van der Waals surface area contributed by atoms with Crippen LogP contribution in [0.15, 0.2) is 28.9 Å². The van der Waals surface area contributed by atoms with Crippen LogP contribution in [0.3, 0.4) is 0 Å². The Labute approximate surface area is 118 Å². The summed E-state index contributed by atoms with van der Waals surface area (Å²) >= 11 is 9.37. The van der Waals surface area contributed by atoms with Crippen molar-refractivity contribution in [3.05, 3.63) is 45.1 Å². The van der Waals surface area contributed by atoms with Crippen molar-refractivity contribution in [1.82, 2.24) is 20.4 Å². The fraction of sp³-hybridized carbons (Fsp3) is 0.273. The molecule has 0 saturated heterocycles. The van der Waals surface area contributed by atoms with Crippen LogP contribution in [-0.2, 0) is 13.5 Å². The highest BCUT2D eigenvalue weighted by molar-refractivity contribution is 9.10. The summed E-state index contributed by atoms with van der Waals surface area (Å²) in [5, 5.41) is 8.62. The zero-order chi connectivity index (χ0) is 13.1. The molecule has 1 aromatic carbocycles. The first kappa shape index (κ1) is 13.5. The predicted octanol–water partition coefficient (Wildman–Crippen LogP) is 1.98. The van der Waals surface area contributed by atoms with Crippen LogP contribution in [0.4, 0.5) is 0 Å². The summed E-state index contributed by atoms with van der Waals surface area (Å²) in [5.41, 5.74) is 4.70. The molecule has 7 heteroatoms. The molecule has 0 radical (unpaired) electrons. The molecule has 18 heavy (non-hydrogen) atoms. The van der Waals surface area contributed by atoms with Crippen LogP contribution in [0.1, 0.15) is 17.3 Å². The number of hydrogen-bond donors (Lipinski definition) is 2. The molecule has 0 saturated carbocycles. The topological polar surface area (TPSA) is 68.8 Å². The van der Waals surface area contributed by atoms with Crippen molar-refractivity contribution in [1.29, 1.82) is 0 Å². The molecular formula is C11H13BrClN5. The molecule has 96 valence electrons. The van der Waals surface area contributed by atoms with E-state index < -0.39 is 0 Å². The van der Waals surface area contributed by atoms with Gasteiger partial charge in [0, 0.05) is 24.1 Å². The summed E-state index contributed by atoms with van der Waals surface area (Å²) in [7, 11) is 1.83. The smallest absolute Gasteiger partial charge is 0.0846 e. The summed E-state index contributed by atoms with van der Waals surface area (Å²) in [5.74, 6) is 5.59. The van der Waals surface area contributed by atoms with E-state index in [0.717, 1.165) is 15.7 Å². The number of nitrogens with two attached hydrogens (primary N) is 1. The molecule has 2 rings (SSSR count). The van der Waals surface area contributed by atoms with Crippen molar-refractivity contribution < 1.29 is 0 Å². The summed E-state index contributed by atoms with van der Waals surface area (Å²) in [4.78, 5) is 0. The number of aryl methyl sites for hydroxylation is 1. The molecule has 1 heterocycles. The van der Waals surface area contributed by atoms with Crippen LogP contribution in [0.25, 0.3) is 0 Å². The van der Waals surface area contributed by atoms with Gasteiger partial charge < -0.3 is 0 Å². The van der Waals surface area contributed by atoms with E-state index in [1.165, 1.54) is 0 Å². The van der Waals surface area contributed by atoms with Crippen LogP contribution >= 0.6 is 27.5 Å². The quantitative estimate of drug-likeness (QED) is 0.664. The lowest BCUT2D eigenvalue weighted by Gasteiger charge is -2.15. The highest BCUT2D eigenvalue weighted by Gasteiger charge is 2.13. The average molecular weight is 331 g/mol. The van der Waals surface area contributed by atoms with E-state index in [1.807, 2.05) is 31.4 Å². The minimum atomic E-state index is -0.0322. The standard InChI is InChI=1S/C11H13BrClN5/c1-18-6-8(16-17-18)5-11(15-14)7-2-3-10(13)9(12)4-7/h2-4,6,11,15H,5,14H2,1H3. The van der Waals surface area contributed by atoms with Gasteiger partial charge in [-0.3, -0.25) is 16.0 Å². The van der Waals surface area contributed by atoms with Crippen LogP contribution in [0.2, 0.25) is 5.02 Å². The van der Waals surface area contributed by atoms with E-state index >= 15 is 0 Å². The van der Waals surface area contributed by atoms with Gasteiger partial charge in [-0.1, -0.05) is 22.9 Å². The average Bonchev–Trinajstić information content (AvgIpc) is 2.75. The number of benzene rings is 1. The maximum absolute atomic E-state index is 5.97. The molecule has 1 aromatic heterocycles. The molecular weight excluding hydrogens is 318 g/mol. The normalized spacial score (nSPS) is 12.7. The Morgan fingerprint density at radius 3 is 2.89 bits per heavy atom. The third-order valence-electron chi connectivity index (χ3n) is 2.61. The Bertz CT molecular complexity index is 542. The van der Waals surface area contributed by atoms with Gasteiger partial charge in [-0.05, 0) is 33.6 Å². The van der Waals surface area contributed by atoms with E-state index in [0.29, 0.717) is 11.4 Å². The third kappa shape index (κ3) is 3.08. The van der Waals surface area contributed by atoms with Crippen molar-refractivity contribution in [2.45, 2.75) is 12.5 Å². The van der Waals surface area contributed by atoms with Gasteiger partial charge >= 0.3 is 0 Å². The van der Waals surface area contributed by atoms with E-state index in [4.69, 9.17) is 17.4 Å². The van der Waals surface area contributed by atoms with Gasteiger partial charge in [0.1, 0.15) is 0 Å². The highest BCUT2D eigenvalue weighted by atomic mass is 79.9. The number of nitrogens with zero attached hydrogens (tertiary/aromatic N) is 3. The van der Waals surface area contributed by atoms with E-state index in [-0.39, 0.29) is 6.04 Å². The molecule has 0 bridgehead atoms. The number of nitrogens with one attached hydrogen (secondary N) is 1. The third-order valence-corrected chi connectivity index (χ3v) is 3.82. The predicted molar refractivity (Wildman–Crippen MR) is 73.9 cm³/mol. The summed E-state index contributed by atoms with van der Waals surface area (Å²) < 4.78 is 2.52.